The van der Waals surface area contributed by atoms with Crippen LogP contribution in [0.1, 0.15) is 386 Å². The van der Waals surface area contributed by atoms with Gasteiger partial charge in [-0.1, -0.05) is 340 Å². The van der Waals surface area contributed by atoms with Gasteiger partial charge in [0.2, 0.25) is 5.91 Å². The van der Waals surface area contributed by atoms with Crippen LogP contribution in [0.4, 0.5) is 0 Å². The van der Waals surface area contributed by atoms with Crippen molar-refractivity contribution in [2.24, 2.45) is 0 Å². The number of esters is 1. The molecule has 0 aliphatic carbocycles. The molecule has 0 saturated carbocycles. The Morgan fingerprint density at radius 2 is 0.658 bits per heavy atom. The Balaban J connectivity index is 3.43. The minimum atomic E-state index is -0.669. The molecule has 0 radical (unpaired) electrons. The molecule has 2 unspecified atom stereocenters. The number of aliphatic hydroxyl groups is 2. The van der Waals surface area contributed by atoms with Crippen molar-refractivity contribution in [1.82, 2.24) is 5.32 Å². The molecule has 0 aromatic heterocycles. The second-order valence-corrected chi connectivity index (χ2v) is 23.9. The summed E-state index contributed by atoms with van der Waals surface area (Å²) in [6.45, 7) is 4.98. The van der Waals surface area contributed by atoms with Crippen molar-refractivity contribution in [3.05, 3.63) is 24.3 Å². The molecule has 0 aromatic carbocycles. The van der Waals surface area contributed by atoms with Gasteiger partial charge in [-0.15, -0.1) is 0 Å². The van der Waals surface area contributed by atoms with Crippen molar-refractivity contribution in [2.45, 2.75) is 398 Å². The Bertz CT molecular complexity index is 1190. The summed E-state index contributed by atoms with van der Waals surface area (Å²) < 4.78 is 5.48. The van der Waals surface area contributed by atoms with E-state index >= 15 is 0 Å². The summed E-state index contributed by atoms with van der Waals surface area (Å²) in [6.07, 6.45) is 82.1. The van der Waals surface area contributed by atoms with Crippen molar-refractivity contribution in [3.8, 4) is 0 Å². The second kappa shape index (κ2) is 65.9. The Labute approximate surface area is 475 Å². The summed E-state index contributed by atoms with van der Waals surface area (Å²) in [5, 5.41) is 23.4. The zero-order valence-electron chi connectivity index (χ0n) is 51.5. The number of amides is 1. The van der Waals surface area contributed by atoms with Gasteiger partial charge in [-0.3, -0.25) is 9.59 Å². The molecule has 2 atom stereocenters. The topological polar surface area (TPSA) is 95.9 Å². The molecule has 0 aromatic rings. The summed E-state index contributed by atoms with van der Waals surface area (Å²) >= 11 is 0. The van der Waals surface area contributed by atoms with Gasteiger partial charge in [-0.05, 0) is 57.8 Å². The van der Waals surface area contributed by atoms with Gasteiger partial charge in [0.1, 0.15) is 0 Å². The zero-order chi connectivity index (χ0) is 55.0. The standard InChI is InChI=1S/C70H135NO5/c1-3-5-7-9-11-13-15-17-18-19-20-26-29-32-35-39-42-46-50-54-58-62-68(73)67(66-72)71-69(74)63-59-55-51-47-43-40-36-33-30-27-24-22-21-23-25-28-31-34-37-41-45-49-53-57-61-65-76-70(75)64-60-56-52-48-44-38-16-14-12-10-8-6-4-2/h22-25,67-68,72-73H,3-21,26-66H2,1-2H3,(H,71,74)/b24-22-,25-23-. The van der Waals surface area contributed by atoms with Gasteiger partial charge in [0.05, 0.1) is 25.4 Å². The Morgan fingerprint density at radius 1 is 0.368 bits per heavy atom. The number of carbonyl (C=O) groups excluding carboxylic acids is 2. The van der Waals surface area contributed by atoms with Crippen LogP contribution in [0.3, 0.4) is 0 Å². The highest BCUT2D eigenvalue weighted by molar-refractivity contribution is 5.76. The summed E-state index contributed by atoms with van der Waals surface area (Å²) in [7, 11) is 0. The number of hydrogen-bond acceptors (Lipinski definition) is 5. The van der Waals surface area contributed by atoms with Crippen LogP contribution in [0, 0.1) is 0 Å². The quantitative estimate of drug-likeness (QED) is 0.0320. The lowest BCUT2D eigenvalue weighted by atomic mass is 10.0. The molecule has 0 aliphatic heterocycles. The van der Waals surface area contributed by atoms with Gasteiger partial charge in [-0.2, -0.15) is 0 Å². The molecule has 1 amide bonds. The van der Waals surface area contributed by atoms with E-state index in [0.29, 0.717) is 25.9 Å². The molecule has 0 spiro atoms. The molecule has 0 bridgehead atoms. The highest BCUT2D eigenvalue weighted by Crippen LogP contribution is 2.19. The van der Waals surface area contributed by atoms with Crippen LogP contribution in [0.2, 0.25) is 0 Å². The number of rotatable bonds is 65. The van der Waals surface area contributed by atoms with E-state index in [-0.39, 0.29) is 18.5 Å². The minimum Gasteiger partial charge on any atom is -0.466 e. The van der Waals surface area contributed by atoms with Crippen molar-refractivity contribution < 1.29 is 24.5 Å². The molecule has 0 saturated heterocycles. The Kier molecular flexibility index (Phi) is 64.4. The van der Waals surface area contributed by atoms with E-state index in [2.05, 4.69) is 43.5 Å². The fourth-order valence-electron chi connectivity index (χ4n) is 11.0. The first-order valence-electron chi connectivity index (χ1n) is 34.6. The first-order chi connectivity index (χ1) is 37.5. The third kappa shape index (κ3) is 61.6. The molecule has 0 heterocycles. The van der Waals surface area contributed by atoms with Crippen LogP contribution in [0.25, 0.3) is 0 Å². The average molecular weight is 1070 g/mol. The third-order valence-corrected chi connectivity index (χ3v) is 16.3. The first kappa shape index (κ1) is 74.3. The molecule has 76 heavy (non-hydrogen) atoms. The van der Waals surface area contributed by atoms with Crippen molar-refractivity contribution in [3.63, 3.8) is 0 Å². The van der Waals surface area contributed by atoms with Crippen LogP contribution in [-0.2, 0) is 14.3 Å². The van der Waals surface area contributed by atoms with E-state index in [0.717, 1.165) is 44.9 Å². The van der Waals surface area contributed by atoms with Gasteiger partial charge < -0.3 is 20.3 Å². The van der Waals surface area contributed by atoms with E-state index in [4.69, 9.17) is 4.74 Å². The van der Waals surface area contributed by atoms with Crippen molar-refractivity contribution in [1.29, 1.82) is 0 Å². The average Bonchev–Trinajstić information content (AvgIpc) is 3.42. The van der Waals surface area contributed by atoms with Crippen molar-refractivity contribution in [2.75, 3.05) is 13.2 Å². The summed E-state index contributed by atoms with van der Waals surface area (Å²) in [6, 6.07) is -0.547. The highest BCUT2D eigenvalue weighted by Gasteiger charge is 2.20. The van der Waals surface area contributed by atoms with E-state index < -0.39 is 12.1 Å². The number of hydrogen-bond donors (Lipinski definition) is 3. The van der Waals surface area contributed by atoms with Crippen LogP contribution in [0.15, 0.2) is 24.3 Å². The lowest BCUT2D eigenvalue weighted by Crippen LogP contribution is -2.45. The molecule has 0 rings (SSSR count). The van der Waals surface area contributed by atoms with Gasteiger partial charge >= 0.3 is 5.97 Å². The number of allylic oxidation sites excluding steroid dienone is 4. The van der Waals surface area contributed by atoms with Gasteiger partial charge in [0.25, 0.3) is 0 Å². The highest BCUT2D eigenvalue weighted by atomic mass is 16.5. The monoisotopic (exact) mass is 1070 g/mol. The molecule has 6 heteroatoms. The lowest BCUT2D eigenvalue weighted by molar-refractivity contribution is -0.143. The maximum Gasteiger partial charge on any atom is 0.305 e. The number of ether oxygens (including phenoxy) is 1. The predicted molar refractivity (Wildman–Crippen MR) is 333 cm³/mol. The fraction of sp³-hybridized carbons (Fsp3) is 0.914. The zero-order valence-corrected chi connectivity index (χ0v) is 51.5. The van der Waals surface area contributed by atoms with Crippen LogP contribution in [-0.4, -0.2) is 47.4 Å². The minimum absolute atomic E-state index is 0.0113. The van der Waals surface area contributed by atoms with Crippen LogP contribution >= 0.6 is 0 Å². The van der Waals surface area contributed by atoms with E-state index in [1.807, 2.05) is 0 Å². The van der Waals surface area contributed by atoms with Gasteiger partial charge in [0.15, 0.2) is 0 Å². The normalized spacial score (nSPS) is 12.6. The maximum absolute atomic E-state index is 12.5. The maximum atomic E-state index is 12.5. The molecule has 450 valence electrons. The van der Waals surface area contributed by atoms with E-state index in [1.165, 1.54) is 308 Å². The second-order valence-electron chi connectivity index (χ2n) is 23.9. The molecular weight excluding hydrogens is 935 g/mol. The van der Waals surface area contributed by atoms with Crippen LogP contribution in [0.5, 0.6) is 0 Å². The number of carbonyl (C=O) groups is 2. The fourth-order valence-corrected chi connectivity index (χ4v) is 11.0. The van der Waals surface area contributed by atoms with E-state index in [1.54, 1.807) is 0 Å². The number of nitrogens with one attached hydrogen (secondary N) is 1. The molecule has 0 fully saturated rings. The van der Waals surface area contributed by atoms with Gasteiger partial charge in [-0.25, -0.2) is 0 Å². The summed E-state index contributed by atoms with van der Waals surface area (Å²) in [5.74, 6) is -0.0257. The summed E-state index contributed by atoms with van der Waals surface area (Å²) in [5.41, 5.74) is 0. The molecule has 6 nitrogen and oxygen atoms in total. The summed E-state index contributed by atoms with van der Waals surface area (Å²) in [4.78, 5) is 24.6. The third-order valence-electron chi connectivity index (χ3n) is 16.3. The molecule has 0 aliphatic rings. The Hall–Kier alpha value is -1.66. The first-order valence-corrected chi connectivity index (χ1v) is 34.6. The van der Waals surface area contributed by atoms with Gasteiger partial charge in [0, 0.05) is 12.8 Å². The molecular formula is C70H135NO5. The van der Waals surface area contributed by atoms with Crippen LogP contribution < -0.4 is 5.32 Å². The Morgan fingerprint density at radius 3 is 1.00 bits per heavy atom. The van der Waals surface area contributed by atoms with Crippen molar-refractivity contribution >= 4 is 11.9 Å². The largest absolute Gasteiger partial charge is 0.466 e. The predicted octanol–water partition coefficient (Wildman–Crippen LogP) is 22.1. The number of unbranched alkanes of at least 4 members (excludes halogenated alkanes) is 50. The van der Waals surface area contributed by atoms with E-state index in [9.17, 15) is 19.8 Å². The number of aliphatic hydroxyl groups excluding tert-OH is 2. The smallest absolute Gasteiger partial charge is 0.305 e. The molecule has 3 N–H and O–H groups in total. The lowest BCUT2D eigenvalue weighted by Gasteiger charge is -2.22. The SMILES string of the molecule is CCCCCCCCCCCCCCCCCCCCCCCC(O)C(CO)NC(=O)CCCCCCCCCCC/C=C\C/C=C\CCCCCCCCCCCOC(=O)CCCCCCCCCCCCCCC.